The number of ether oxygens (including phenoxy) is 1. The first-order chi connectivity index (χ1) is 16.8. The standard InChI is InChI=1S/C26H28BN5O2/c33-18-27-32-15-5-4-8-21(32)16-28-24-14-13-23-26(30-24)31-25(29-23)20-9-11-22(12-10-20)34-17-19-6-2-1-3-7-19/h1-3,6-7,9-14,18,21,27H,4-5,8,15-17H2,(H2,28,29,30,31). The molecule has 34 heavy (non-hydrogen) atoms. The molecule has 1 unspecified atom stereocenters. The highest BCUT2D eigenvalue weighted by molar-refractivity contribution is 6.64. The monoisotopic (exact) mass is 453 g/mol. The molecular formula is C26H28BN5O2. The molecule has 8 heteroatoms. The number of hydrogen-bond acceptors (Lipinski definition) is 6. The topological polar surface area (TPSA) is 83.1 Å². The van der Waals surface area contributed by atoms with Crippen LogP contribution in [-0.4, -0.2) is 52.5 Å². The van der Waals surface area contributed by atoms with E-state index in [9.17, 15) is 4.79 Å². The maximum atomic E-state index is 11.0. The Morgan fingerprint density at radius 1 is 1.06 bits per heavy atom. The average Bonchev–Trinajstić information content (AvgIpc) is 3.32. The number of pyridine rings is 1. The minimum atomic E-state index is 0.358. The van der Waals surface area contributed by atoms with Crippen LogP contribution >= 0.6 is 0 Å². The van der Waals surface area contributed by atoms with Crippen LogP contribution in [0.4, 0.5) is 5.82 Å². The molecule has 0 bridgehead atoms. The summed E-state index contributed by atoms with van der Waals surface area (Å²) in [6, 6.07) is 22.3. The van der Waals surface area contributed by atoms with Crippen molar-refractivity contribution in [3.63, 3.8) is 0 Å². The van der Waals surface area contributed by atoms with Gasteiger partial charge in [-0.05, 0) is 61.3 Å². The molecule has 7 nitrogen and oxygen atoms in total. The van der Waals surface area contributed by atoms with E-state index in [2.05, 4.69) is 27.2 Å². The summed E-state index contributed by atoms with van der Waals surface area (Å²) in [5, 5.41) is 3.45. The van der Waals surface area contributed by atoms with Gasteiger partial charge in [0.15, 0.2) is 5.65 Å². The maximum absolute atomic E-state index is 11.0. The molecule has 0 spiro atoms. The van der Waals surface area contributed by atoms with Crippen molar-refractivity contribution in [3.8, 4) is 17.1 Å². The molecule has 4 aromatic rings. The number of carbonyl (C=O) groups excluding carboxylic acids is 1. The number of carbonyl (C=O) groups is 1. The van der Waals surface area contributed by atoms with Gasteiger partial charge in [-0.25, -0.2) is 9.97 Å². The van der Waals surface area contributed by atoms with Gasteiger partial charge in [0.1, 0.15) is 29.5 Å². The highest BCUT2D eigenvalue weighted by atomic mass is 16.5. The molecule has 1 saturated heterocycles. The van der Waals surface area contributed by atoms with Crippen LogP contribution in [0, 0.1) is 0 Å². The molecule has 0 aliphatic carbocycles. The second-order valence-electron chi connectivity index (χ2n) is 8.64. The minimum absolute atomic E-state index is 0.358. The molecule has 2 N–H and O–H groups in total. The van der Waals surface area contributed by atoms with E-state index >= 15 is 0 Å². The van der Waals surface area contributed by atoms with Crippen molar-refractivity contribution in [2.24, 2.45) is 0 Å². The van der Waals surface area contributed by atoms with Crippen LogP contribution < -0.4 is 10.1 Å². The summed E-state index contributed by atoms with van der Waals surface area (Å²) in [6.45, 7) is 2.30. The number of piperidine rings is 1. The second kappa shape index (κ2) is 10.5. The van der Waals surface area contributed by atoms with Crippen LogP contribution in [0.15, 0.2) is 66.7 Å². The maximum Gasteiger partial charge on any atom is 0.281 e. The zero-order valence-corrected chi connectivity index (χ0v) is 19.1. The van der Waals surface area contributed by atoms with Crippen molar-refractivity contribution in [1.82, 2.24) is 19.8 Å². The molecule has 172 valence electrons. The minimum Gasteiger partial charge on any atom is -0.489 e. The number of aromatic nitrogens is 3. The Labute approximate surface area is 199 Å². The number of aromatic amines is 1. The van der Waals surface area contributed by atoms with Gasteiger partial charge in [0.25, 0.3) is 7.41 Å². The number of benzene rings is 2. The molecule has 2 aromatic carbocycles. The Balaban J connectivity index is 1.23. The fourth-order valence-electron chi connectivity index (χ4n) is 4.43. The lowest BCUT2D eigenvalue weighted by Crippen LogP contribution is -2.46. The summed E-state index contributed by atoms with van der Waals surface area (Å²) in [4.78, 5) is 26.0. The third kappa shape index (κ3) is 5.29. The van der Waals surface area contributed by atoms with Crippen LogP contribution in [0.1, 0.15) is 24.8 Å². The molecule has 1 aliphatic heterocycles. The Hall–Kier alpha value is -3.65. The zero-order chi connectivity index (χ0) is 23.2. The van der Waals surface area contributed by atoms with Crippen molar-refractivity contribution < 1.29 is 9.53 Å². The lowest BCUT2D eigenvalue weighted by molar-refractivity contribution is 0.269. The fraction of sp³-hybridized carbons (Fsp3) is 0.269. The quantitative estimate of drug-likeness (QED) is 0.294. The van der Waals surface area contributed by atoms with Crippen molar-refractivity contribution in [1.29, 1.82) is 0 Å². The van der Waals surface area contributed by atoms with E-state index < -0.39 is 0 Å². The predicted molar refractivity (Wildman–Crippen MR) is 137 cm³/mol. The molecule has 2 aromatic heterocycles. The van der Waals surface area contributed by atoms with Gasteiger partial charge in [0.2, 0.25) is 0 Å². The second-order valence-corrected chi connectivity index (χ2v) is 8.64. The summed E-state index contributed by atoms with van der Waals surface area (Å²) in [6.07, 6.45) is 4.46. The molecule has 1 atom stereocenters. The lowest BCUT2D eigenvalue weighted by Gasteiger charge is -2.34. The average molecular weight is 453 g/mol. The van der Waals surface area contributed by atoms with E-state index in [-0.39, 0.29) is 0 Å². The highest BCUT2D eigenvalue weighted by Crippen LogP contribution is 2.24. The van der Waals surface area contributed by atoms with Crippen molar-refractivity contribution >= 4 is 30.6 Å². The first-order valence-electron chi connectivity index (χ1n) is 11.8. The predicted octanol–water partition coefficient (Wildman–Crippen LogP) is 4.01. The van der Waals surface area contributed by atoms with E-state index in [1.165, 1.54) is 6.42 Å². The third-order valence-electron chi connectivity index (χ3n) is 6.30. The summed E-state index contributed by atoms with van der Waals surface area (Å²) >= 11 is 0. The molecular weight excluding hydrogens is 425 g/mol. The fourth-order valence-corrected chi connectivity index (χ4v) is 4.43. The number of anilines is 1. The van der Waals surface area contributed by atoms with Crippen LogP contribution in [0.3, 0.4) is 0 Å². The summed E-state index contributed by atoms with van der Waals surface area (Å²) in [5.41, 5.74) is 3.69. The molecule has 0 saturated carbocycles. The highest BCUT2D eigenvalue weighted by Gasteiger charge is 2.22. The number of fused-ring (bicyclic) bond motifs is 1. The van der Waals surface area contributed by atoms with Crippen LogP contribution in [0.2, 0.25) is 0 Å². The van der Waals surface area contributed by atoms with E-state index in [1.807, 2.05) is 54.6 Å². The van der Waals surface area contributed by atoms with Gasteiger partial charge in [0.05, 0.1) is 6.19 Å². The van der Waals surface area contributed by atoms with Crippen LogP contribution in [0.5, 0.6) is 5.75 Å². The number of nitrogens with one attached hydrogen (secondary N) is 2. The third-order valence-corrected chi connectivity index (χ3v) is 6.30. The van der Waals surface area contributed by atoms with E-state index in [0.29, 0.717) is 20.1 Å². The SMILES string of the molecule is O=CBN1CCCCC1CNc1ccc2nc(-c3ccc(OCc4ccccc4)cc3)[nH]c2n1. The molecule has 5 rings (SSSR count). The normalized spacial score (nSPS) is 16.3. The number of nitrogens with zero attached hydrogens (tertiary/aromatic N) is 3. The Kier molecular flexibility index (Phi) is 6.86. The van der Waals surface area contributed by atoms with Gasteiger partial charge in [0, 0.05) is 18.2 Å². The van der Waals surface area contributed by atoms with Gasteiger partial charge in [-0.1, -0.05) is 36.8 Å². The number of hydrogen-bond donors (Lipinski definition) is 2. The van der Waals surface area contributed by atoms with Gasteiger partial charge in [-0.3, -0.25) is 0 Å². The molecule has 0 amide bonds. The number of rotatable bonds is 9. The Bertz CT molecular complexity index is 1230. The van der Waals surface area contributed by atoms with Crippen molar-refractivity contribution in [2.75, 3.05) is 18.4 Å². The van der Waals surface area contributed by atoms with Gasteiger partial charge in [-0.2, -0.15) is 0 Å². The first kappa shape index (κ1) is 22.2. The van der Waals surface area contributed by atoms with E-state index in [1.54, 1.807) is 0 Å². The van der Waals surface area contributed by atoms with E-state index in [4.69, 9.17) is 14.7 Å². The largest absolute Gasteiger partial charge is 0.489 e. The summed E-state index contributed by atoms with van der Waals surface area (Å²) in [5.74, 6) is 2.40. The first-order valence-corrected chi connectivity index (χ1v) is 11.8. The summed E-state index contributed by atoms with van der Waals surface area (Å²) < 4.78 is 5.88. The van der Waals surface area contributed by atoms with Crippen molar-refractivity contribution in [2.45, 2.75) is 31.9 Å². The Morgan fingerprint density at radius 3 is 2.74 bits per heavy atom. The molecule has 3 heterocycles. The molecule has 1 fully saturated rings. The van der Waals surface area contributed by atoms with Crippen LogP contribution in [0.25, 0.3) is 22.6 Å². The van der Waals surface area contributed by atoms with Gasteiger partial charge >= 0.3 is 0 Å². The summed E-state index contributed by atoms with van der Waals surface area (Å²) in [7, 11) is 0.499. The molecule has 0 radical (unpaired) electrons. The lowest BCUT2D eigenvalue weighted by atomic mass is 9.86. The Morgan fingerprint density at radius 2 is 1.91 bits per heavy atom. The number of imidazole rings is 1. The molecule has 1 aliphatic rings. The zero-order valence-electron chi connectivity index (χ0n) is 19.1. The van der Waals surface area contributed by atoms with Crippen molar-refractivity contribution in [3.05, 3.63) is 72.3 Å². The van der Waals surface area contributed by atoms with Gasteiger partial charge < -0.3 is 24.6 Å². The van der Waals surface area contributed by atoms with Gasteiger partial charge in [-0.15, -0.1) is 0 Å². The smallest absolute Gasteiger partial charge is 0.281 e. The van der Waals surface area contributed by atoms with E-state index in [0.717, 1.165) is 71.8 Å². The van der Waals surface area contributed by atoms with Crippen LogP contribution in [-0.2, 0) is 11.4 Å². The number of H-pyrrole nitrogens is 1.